The van der Waals surface area contributed by atoms with Crippen LogP contribution in [0.25, 0.3) is 35.1 Å². The number of unbranched alkanes of at least 4 members (excludes halogenated alkanes) is 1. The molecule has 206 valence electrons. The zero-order valence-electron chi connectivity index (χ0n) is 21.6. The van der Waals surface area contributed by atoms with E-state index in [2.05, 4.69) is 17.2 Å². The van der Waals surface area contributed by atoms with Gasteiger partial charge in [-0.3, -0.25) is 4.79 Å². The number of carboxylic acid groups (broad SMARTS) is 1. The lowest BCUT2D eigenvalue weighted by Gasteiger charge is -2.17. The smallest absolute Gasteiger partial charge is 0.336 e. The number of anilines is 1. The maximum Gasteiger partial charge on any atom is 0.336 e. The fourth-order valence-electron chi connectivity index (χ4n) is 4.29. The summed E-state index contributed by atoms with van der Waals surface area (Å²) in [6.07, 6.45) is 6.35. The van der Waals surface area contributed by atoms with E-state index in [9.17, 15) is 24.9 Å². The Hall–Kier alpha value is -3.99. The molecule has 0 bridgehead atoms. The molecule has 0 amide bonds. The third kappa shape index (κ3) is 7.76. The van der Waals surface area contributed by atoms with E-state index in [0.29, 0.717) is 45.9 Å². The van der Waals surface area contributed by atoms with Crippen LogP contribution in [0.3, 0.4) is 0 Å². The van der Waals surface area contributed by atoms with Gasteiger partial charge in [-0.2, -0.15) is 0 Å². The van der Waals surface area contributed by atoms with E-state index in [1.54, 1.807) is 31.4 Å². The van der Waals surface area contributed by atoms with Crippen LogP contribution in [-0.2, 0) is 4.74 Å². The van der Waals surface area contributed by atoms with E-state index in [-0.39, 0.29) is 34.7 Å². The first-order valence-electron chi connectivity index (χ1n) is 12.4. The molecule has 1 aromatic rings. The Balaban J connectivity index is 1.92. The van der Waals surface area contributed by atoms with Crippen molar-refractivity contribution < 1.29 is 29.3 Å². The molecule has 1 unspecified atom stereocenters. The number of carboxylic acids is 1. The Bertz CT molecular complexity index is 1480. The van der Waals surface area contributed by atoms with Crippen LogP contribution in [0, 0.1) is 5.92 Å². The van der Waals surface area contributed by atoms with Crippen molar-refractivity contribution in [3.63, 3.8) is 0 Å². The molecule has 3 rings (SSSR count). The number of aliphatic hydroxyl groups excluding tert-OH is 2. The van der Waals surface area contributed by atoms with Gasteiger partial charge in [0.25, 0.3) is 0 Å². The average molecular weight is 553 g/mol. The summed E-state index contributed by atoms with van der Waals surface area (Å²) in [5, 5.41) is 35.6. The van der Waals surface area contributed by atoms with Crippen LogP contribution in [0.2, 0.25) is 0 Å². The fraction of sp³-hybridized carbons (Fsp3) is 0.276. The molecule has 1 aromatic carbocycles. The van der Waals surface area contributed by atoms with E-state index in [4.69, 9.17) is 21.4 Å². The van der Waals surface area contributed by atoms with Crippen molar-refractivity contribution in [3.05, 3.63) is 75.2 Å². The number of ether oxygens (including phenoxy) is 1. The fourth-order valence-corrected chi connectivity index (χ4v) is 4.51. The number of hydrogen-bond donors (Lipinski definition) is 5. The van der Waals surface area contributed by atoms with E-state index < -0.39 is 5.97 Å². The highest BCUT2D eigenvalue weighted by atomic mass is 32.1. The van der Waals surface area contributed by atoms with Gasteiger partial charge in [0.15, 0.2) is 10.5 Å². The molecule has 0 spiro atoms. The van der Waals surface area contributed by atoms with Crippen molar-refractivity contribution in [1.29, 1.82) is 0 Å². The lowest BCUT2D eigenvalue weighted by molar-refractivity contribution is 0.0697. The number of hydrogen-bond acceptors (Lipinski definition) is 7. The van der Waals surface area contributed by atoms with Crippen molar-refractivity contribution in [2.45, 2.75) is 19.3 Å². The number of fused-ring (bicyclic) bond motifs is 1. The molecule has 1 aliphatic carbocycles. The van der Waals surface area contributed by atoms with Gasteiger partial charge in [0.05, 0.1) is 18.4 Å². The topological polar surface area (TPSA) is 141 Å². The average Bonchev–Trinajstić information content (AvgIpc) is 2.90. The van der Waals surface area contributed by atoms with Crippen molar-refractivity contribution in [1.82, 2.24) is 5.32 Å². The van der Waals surface area contributed by atoms with Crippen molar-refractivity contribution in [3.8, 4) is 22.5 Å². The highest BCUT2D eigenvalue weighted by Gasteiger charge is 2.21. The summed E-state index contributed by atoms with van der Waals surface area (Å²) >= 11 is 5.44. The summed E-state index contributed by atoms with van der Waals surface area (Å²) in [6.45, 7) is 5.16. The van der Waals surface area contributed by atoms with Gasteiger partial charge in [0.1, 0.15) is 11.2 Å². The van der Waals surface area contributed by atoms with Gasteiger partial charge in [-0.05, 0) is 73.1 Å². The molecular formula is C29H32N2O7S. The molecule has 0 fully saturated rings. The van der Waals surface area contributed by atoms with E-state index in [0.717, 1.165) is 25.5 Å². The van der Waals surface area contributed by atoms with Crippen LogP contribution in [0.1, 0.15) is 29.6 Å². The number of methoxy groups -OCH3 is 1. The minimum absolute atomic E-state index is 0.0228. The third-order valence-corrected chi connectivity index (χ3v) is 6.38. The normalized spacial score (nSPS) is 12.6. The zero-order valence-corrected chi connectivity index (χ0v) is 22.4. The summed E-state index contributed by atoms with van der Waals surface area (Å²) in [6, 6.07) is 9.01. The second kappa shape index (κ2) is 14.2. The summed E-state index contributed by atoms with van der Waals surface area (Å²) in [5.41, 5.74) is 1.85. The Morgan fingerprint density at radius 1 is 1.21 bits per heavy atom. The van der Waals surface area contributed by atoms with Crippen molar-refractivity contribution >= 4 is 41.6 Å². The largest absolute Gasteiger partial charge is 0.516 e. The minimum Gasteiger partial charge on any atom is -0.516 e. The maximum atomic E-state index is 12.2. The van der Waals surface area contributed by atoms with Crippen LogP contribution in [0.5, 0.6) is 0 Å². The van der Waals surface area contributed by atoms with Gasteiger partial charge in [-0.15, -0.1) is 0 Å². The first kappa shape index (κ1) is 29.6. The van der Waals surface area contributed by atoms with Crippen molar-refractivity contribution in [2.24, 2.45) is 5.92 Å². The molecule has 0 saturated heterocycles. The van der Waals surface area contributed by atoms with E-state index in [1.807, 2.05) is 0 Å². The molecule has 0 saturated carbocycles. The number of rotatable bonds is 12. The van der Waals surface area contributed by atoms with Gasteiger partial charge in [-0.1, -0.05) is 13.0 Å². The zero-order chi connectivity index (χ0) is 28.4. The van der Waals surface area contributed by atoms with Crippen LogP contribution in [0.15, 0.2) is 57.9 Å². The Morgan fingerprint density at radius 3 is 2.69 bits per heavy atom. The lowest BCUT2D eigenvalue weighted by Crippen LogP contribution is -2.30. The summed E-state index contributed by atoms with van der Waals surface area (Å²) in [7, 11) is 1.62. The predicted octanol–water partition coefficient (Wildman–Crippen LogP) is 3.08. The standard InChI is InChI=1S/C29H32N2O7S/c1-18-22(7-5-13-32)27(24-11-9-21(34)15-26(24)38-18)25-14-20(8-10-23(25)28(35)36)31-29(39)30-12-4-3-6-19(16-33)17-37-2/h5,7-11,13-15,19,32-33H,1,3-4,6,12,16-17H2,2H3,(H,35,36)(H2,30,31,39). The number of aliphatic hydroxyl groups is 2. The highest BCUT2D eigenvalue weighted by Crippen LogP contribution is 2.33. The van der Waals surface area contributed by atoms with E-state index >= 15 is 0 Å². The minimum atomic E-state index is -1.14. The van der Waals surface area contributed by atoms with Gasteiger partial charge < -0.3 is 35.1 Å². The van der Waals surface area contributed by atoms with Crippen LogP contribution >= 0.6 is 12.2 Å². The summed E-state index contributed by atoms with van der Waals surface area (Å²) in [4.78, 5) is 24.2. The number of benzene rings is 2. The van der Waals surface area contributed by atoms with Crippen LogP contribution < -0.4 is 26.7 Å². The summed E-state index contributed by atoms with van der Waals surface area (Å²) < 4.78 is 10.9. The molecule has 1 heterocycles. The Morgan fingerprint density at radius 2 is 2.00 bits per heavy atom. The molecule has 9 nitrogen and oxygen atoms in total. The Kier molecular flexibility index (Phi) is 10.8. The molecular weight excluding hydrogens is 520 g/mol. The monoisotopic (exact) mass is 552 g/mol. The molecule has 5 N–H and O–H groups in total. The number of carbonyl (C=O) groups is 1. The molecule has 2 aliphatic rings. The Labute approximate surface area is 231 Å². The lowest BCUT2D eigenvalue weighted by atomic mass is 9.91. The summed E-state index contributed by atoms with van der Waals surface area (Å²) in [5.74, 6) is -0.772. The second-order valence-corrected chi connectivity index (χ2v) is 9.33. The first-order chi connectivity index (χ1) is 18.8. The number of allylic oxidation sites excluding steroid dienone is 1. The van der Waals surface area contributed by atoms with Gasteiger partial charge in [0.2, 0.25) is 0 Å². The second-order valence-electron chi connectivity index (χ2n) is 8.93. The van der Waals surface area contributed by atoms with Crippen LogP contribution in [-0.4, -0.2) is 53.3 Å². The number of nitrogens with one attached hydrogen (secondary N) is 2. The number of thiocarbonyl (C=S) groups is 1. The SMILES string of the molecule is C=c1oc2cc(=O)ccc-2c(-c2cc(NC(=S)NCCCCC(CO)COC)ccc2C(=O)O)c1=CC=CO. The highest BCUT2D eigenvalue weighted by molar-refractivity contribution is 7.80. The third-order valence-electron chi connectivity index (χ3n) is 6.14. The molecule has 1 atom stereocenters. The van der Waals surface area contributed by atoms with Gasteiger partial charge >= 0.3 is 5.97 Å². The van der Waals surface area contributed by atoms with Gasteiger partial charge in [-0.25, -0.2) is 4.79 Å². The maximum absolute atomic E-state index is 12.2. The van der Waals surface area contributed by atoms with Gasteiger partial charge in [0, 0.05) is 54.3 Å². The van der Waals surface area contributed by atoms with E-state index in [1.165, 1.54) is 24.3 Å². The molecule has 0 aromatic heterocycles. The molecule has 1 aliphatic heterocycles. The van der Waals surface area contributed by atoms with Crippen molar-refractivity contribution in [2.75, 3.05) is 32.2 Å². The molecule has 10 heteroatoms. The molecule has 0 radical (unpaired) electrons. The quantitative estimate of drug-likeness (QED) is 0.129. The number of aromatic carboxylic acids is 1. The molecule has 39 heavy (non-hydrogen) atoms. The predicted molar refractivity (Wildman–Crippen MR) is 156 cm³/mol. The first-order valence-corrected chi connectivity index (χ1v) is 12.8. The van der Waals surface area contributed by atoms with Crippen LogP contribution in [0.4, 0.5) is 5.69 Å².